The van der Waals surface area contributed by atoms with E-state index in [1.54, 1.807) is 0 Å². The number of hydrogen-bond acceptors (Lipinski definition) is 1. The molecule has 0 heterocycles. The van der Waals surface area contributed by atoms with Crippen LogP contribution in [0.1, 0.15) is 0 Å². The van der Waals surface area contributed by atoms with Crippen LogP contribution in [-0.4, -0.2) is 14.4 Å². The maximum atomic E-state index is 11.3. The van der Waals surface area contributed by atoms with Crippen LogP contribution in [-0.2, 0) is 15.9 Å². The molecule has 0 aromatic rings. The Balaban J connectivity index is 5.87. The van der Waals surface area contributed by atoms with Gasteiger partial charge in [0.15, 0.2) is 5.38 Å². The number of halogens is 11. The molecule has 108 valence electrons. The molecule has 0 aromatic carbocycles. The van der Waals surface area contributed by atoms with E-state index in [4.69, 9.17) is 0 Å². The lowest BCUT2D eigenvalue weighted by Crippen LogP contribution is -2.59. The van der Waals surface area contributed by atoms with E-state index in [0.717, 1.165) is 0 Å². The Hall–Kier alpha value is 5.30. The van der Waals surface area contributed by atoms with Crippen LogP contribution in [0.15, 0.2) is 0 Å². The fourth-order valence-electron chi connectivity index (χ4n) is 0.610. The van der Waals surface area contributed by atoms with Crippen LogP contribution < -0.4 is 0 Å². The minimum absolute atomic E-state index is 0.330. The van der Waals surface area contributed by atoms with Gasteiger partial charge in [0.2, 0.25) is 0 Å². The van der Waals surface area contributed by atoms with Crippen LogP contribution in [0.2, 0.25) is 0 Å². The van der Waals surface area contributed by atoms with Crippen molar-refractivity contribution in [3.8, 4) is 0 Å². The number of alkyl halides is 11. The predicted octanol–water partition coefficient (Wildman–Crippen LogP) is 8.15. The summed E-state index contributed by atoms with van der Waals surface area (Å²) in [6.45, 7) is 0. The third-order valence-electron chi connectivity index (χ3n) is 1.61. The molecule has 0 aliphatic carbocycles. The third-order valence-corrected chi connectivity index (χ3v) is 23.1. The van der Waals surface area contributed by atoms with Crippen LogP contribution in [0, 0.1) is 0 Å². The first-order chi connectivity index (χ1) is 7.56. The average Bonchev–Trinajstić information content (AvgIpc) is 2.15. The van der Waals surface area contributed by atoms with Gasteiger partial charge in [0.1, 0.15) is 6.47 Å². The van der Waals surface area contributed by atoms with Crippen LogP contribution in [0.3, 0.4) is 0 Å². The minimum atomic E-state index is -1.05. The zero-order valence-corrected chi connectivity index (χ0v) is 25.7. The van der Waals surface area contributed by atoms with Crippen LogP contribution in [0.4, 0.5) is 0 Å². The molecule has 0 fully saturated rings. The van der Waals surface area contributed by atoms with Crippen molar-refractivity contribution in [3.05, 3.63) is 0 Å². The van der Waals surface area contributed by atoms with Crippen LogP contribution in [0.25, 0.3) is 0 Å². The molecule has 0 aromatic heterocycles. The van der Waals surface area contributed by atoms with Crippen molar-refractivity contribution in [1.82, 2.24) is 0 Å². The van der Waals surface area contributed by atoms with Crippen molar-refractivity contribution in [3.63, 3.8) is 0 Å². The van der Waals surface area contributed by atoms with Crippen molar-refractivity contribution in [2.45, 2.75) is 14.4 Å². The molecule has 0 bridgehead atoms. The van der Waals surface area contributed by atoms with Gasteiger partial charge in [0, 0.05) is 36.1 Å². The fourth-order valence-corrected chi connectivity index (χ4v) is 9.12. The topological polar surface area (TPSA) is 17.1 Å². The van der Waals surface area contributed by atoms with E-state index < -0.39 is 14.4 Å². The van der Waals surface area contributed by atoms with E-state index in [0.29, 0.717) is 11.7 Å². The molecule has 0 rings (SSSR count). The Morgan fingerprint density at radius 2 is 0.889 bits per heavy atom. The third kappa shape index (κ3) is 4.47. The van der Waals surface area contributed by atoms with E-state index in [2.05, 4.69) is 175 Å². The van der Waals surface area contributed by atoms with Gasteiger partial charge in [0.05, 0.1) is 0 Å². The van der Waals surface area contributed by atoms with Crippen molar-refractivity contribution < 1.29 is 4.21 Å². The summed E-state index contributed by atoms with van der Waals surface area (Å²) in [5, 5.41) is 0. The molecule has 0 N–H and O–H groups in total. The molecule has 0 atom stereocenters. The second kappa shape index (κ2) is 7.68. The van der Waals surface area contributed by atoms with Crippen molar-refractivity contribution in [2.24, 2.45) is 0 Å². The maximum Gasteiger partial charge on any atom is 0.492 e. The molecule has 0 radical (unpaired) electrons. The SMILES string of the molecule is O=[S+]C(Br)(Br)C(Br)(Br)C(Br)(Br)C(Br)(Br)C(Br)(Br)Br. The molecule has 0 aliphatic rings. The first-order valence-corrected chi connectivity index (χ1v) is 12.9. The first-order valence-electron chi connectivity index (χ1n) is 3.45. The summed E-state index contributed by atoms with van der Waals surface area (Å²) in [4.78, 5) is 0. The summed E-state index contributed by atoms with van der Waals surface area (Å²) >= 11 is 38.5. The van der Waals surface area contributed by atoms with E-state index >= 15 is 0 Å². The highest BCUT2D eigenvalue weighted by atomic mass is 80.0. The molecule has 0 saturated carbocycles. The van der Waals surface area contributed by atoms with Gasteiger partial charge in [-0.15, -0.1) is 0 Å². The summed E-state index contributed by atoms with van der Waals surface area (Å²) < 4.78 is 6.81. The molecule has 13 heteroatoms. The predicted molar refractivity (Wildman–Crippen MR) is 120 cm³/mol. The van der Waals surface area contributed by atoms with Crippen molar-refractivity contribution in [2.75, 3.05) is 0 Å². The zero-order valence-electron chi connectivity index (χ0n) is 7.47. The normalized spacial score (nSPS) is 15.7. The van der Waals surface area contributed by atoms with E-state index in [1.807, 2.05) is 0 Å². The molecule has 0 unspecified atom stereocenters. The summed E-state index contributed by atoms with van der Waals surface area (Å²) in [5.41, 5.74) is 0. The van der Waals surface area contributed by atoms with Crippen molar-refractivity contribution in [1.29, 1.82) is 0 Å². The van der Waals surface area contributed by atoms with Gasteiger partial charge in [-0.25, -0.2) is 0 Å². The number of hydrogen-bond donors (Lipinski definition) is 0. The highest BCUT2D eigenvalue weighted by Gasteiger charge is 2.74. The number of rotatable bonds is 4. The van der Waals surface area contributed by atoms with Gasteiger partial charge in [0.25, 0.3) is 0 Å². The van der Waals surface area contributed by atoms with Crippen LogP contribution in [0.5, 0.6) is 0 Å². The van der Waals surface area contributed by atoms with E-state index in [-0.39, 0.29) is 0 Å². The van der Waals surface area contributed by atoms with E-state index in [1.165, 1.54) is 0 Å². The van der Waals surface area contributed by atoms with Gasteiger partial charge in [-0.05, 0) is 0 Å². The smallest absolute Gasteiger partial charge is 0.0672 e. The summed E-state index contributed by atoms with van der Waals surface area (Å²) in [6.07, 6.45) is 0. The summed E-state index contributed by atoms with van der Waals surface area (Å²) in [6, 6.07) is 0. The first kappa shape index (κ1) is 23.3. The summed E-state index contributed by atoms with van der Waals surface area (Å²) in [5.74, 6) is 0. The largest absolute Gasteiger partial charge is 0.492 e. The van der Waals surface area contributed by atoms with Gasteiger partial charge in [-0.3, -0.25) is 0 Å². The Morgan fingerprint density at radius 3 is 1.11 bits per heavy atom. The molecule has 0 saturated heterocycles. The van der Waals surface area contributed by atoms with Gasteiger partial charge in [-0.2, -0.15) is 0 Å². The Labute approximate surface area is 201 Å². The lowest BCUT2D eigenvalue weighted by molar-refractivity contribution is 0.598. The van der Waals surface area contributed by atoms with Gasteiger partial charge >= 0.3 is 14.2 Å². The average molecular weight is 987 g/mol. The molecule has 1 nitrogen and oxygen atoms in total. The second-order valence-electron chi connectivity index (χ2n) is 2.82. The molecule has 0 spiro atoms. The van der Waals surface area contributed by atoms with Crippen molar-refractivity contribution >= 4 is 187 Å². The second-order valence-corrected chi connectivity index (χ2v) is 25.2. The molecular weight excluding hydrogens is 987 g/mol. The Bertz CT molecular complexity index is 331. The Kier molecular flexibility index (Phi) is 9.94. The molecular formula is C5Br11OS+. The zero-order chi connectivity index (χ0) is 15.2. The molecule has 0 aliphatic heterocycles. The lowest BCUT2D eigenvalue weighted by atomic mass is 10.2. The lowest BCUT2D eigenvalue weighted by Gasteiger charge is -2.46. The molecule has 0 amide bonds. The Morgan fingerprint density at radius 1 is 0.556 bits per heavy atom. The minimum Gasteiger partial charge on any atom is -0.0672 e. The highest BCUT2D eigenvalue weighted by Crippen LogP contribution is 2.71. The molecule has 18 heavy (non-hydrogen) atoms. The van der Waals surface area contributed by atoms with E-state index in [9.17, 15) is 4.21 Å². The standard InChI is InChI=1S/C5Br11OS/c6-1(7,2(8,9)4(12,13)14)3(10,11)5(15,16)18-17/q+1. The van der Waals surface area contributed by atoms with Crippen LogP contribution >= 0.6 is 175 Å². The monoisotopic (exact) mass is 976 g/mol. The van der Waals surface area contributed by atoms with Gasteiger partial charge in [-0.1, -0.05) is 143 Å². The maximum absolute atomic E-state index is 11.3. The summed E-state index contributed by atoms with van der Waals surface area (Å²) in [7, 11) is 0. The van der Waals surface area contributed by atoms with Gasteiger partial charge < -0.3 is 0 Å². The fraction of sp³-hybridized carbons (Fsp3) is 1.00. The highest BCUT2D eigenvalue weighted by molar-refractivity contribution is 9.42. The quantitative estimate of drug-likeness (QED) is 0.206.